The molecular weight excluding hydrogens is 397 g/mol. The fourth-order valence-corrected chi connectivity index (χ4v) is 4.47. The molecule has 2 aromatic heterocycles. The van der Waals surface area contributed by atoms with Crippen molar-refractivity contribution in [2.45, 2.75) is 34.3 Å². The molecule has 3 rings (SSSR count). The van der Waals surface area contributed by atoms with Gasteiger partial charge in [0.15, 0.2) is 5.78 Å². The van der Waals surface area contributed by atoms with Crippen molar-refractivity contribution in [2.24, 2.45) is 0 Å². The Morgan fingerprint density at radius 3 is 2.48 bits per heavy atom. The Balaban J connectivity index is 1.95. The minimum absolute atomic E-state index is 0.158. The van der Waals surface area contributed by atoms with Gasteiger partial charge in [0, 0.05) is 26.9 Å². The number of carbonyl (C=O) groups is 3. The zero-order valence-electron chi connectivity index (χ0n) is 16.5. The third-order valence-corrected chi connectivity index (χ3v) is 5.74. The molecule has 0 aliphatic rings. The Hall–Kier alpha value is -3.00. The molecule has 0 saturated heterocycles. The average molecular weight is 417 g/mol. The highest BCUT2D eigenvalue weighted by Gasteiger charge is 2.25. The lowest BCUT2D eigenvalue weighted by Gasteiger charge is -2.07. The summed E-state index contributed by atoms with van der Waals surface area (Å²) in [7, 11) is 0. The van der Waals surface area contributed by atoms with Gasteiger partial charge in [-0.3, -0.25) is 4.79 Å². The largest absolute Gasteiger partial charge is 0.462 e. The Morgan fingerprint density at radius 2 is 1.86 bits per heavy atom. The van der Waals surface area contributed by atoms with Crippen molar-refractivity contribution in [2.75, 3.05) is 6.61 Å². The number of ether oxygens (including phenoxy) is 2. The van der Waals surface area contributed by atoms with Gasteiger partial charge < -0.3 is 14.5 Å². The van der Waals surface area contributed by atoms with Crippen molar-refractivity contribution in [1.29, 1.82) is 0 Å². The zero-order valence-corrected chi connectivity index (χ0v) is 17.3. The number of H-pyrrole nitrogens is 1. The summed E-state index contributed by atoms with van der Waals surface area (Å²) < 4.78 is 25.4. The van der Waals surface area contributed by atoms with Crippen molar-refractivity contribution in [3.05, 3.63) is 57.0 Å². The second-order valence-corrected chi connectivity index (χ2v) is 7.55. The number of thiophene rings is 1. The lowest BCUT2D eigenvalue weighted by Crippen LogP contribution is -2.11. The summed E-state index contributed by atoms with van der Waals surface area (Å²) in [6.45, 7) is 6.31. The Kier molecular flexibility index (Phi) is 5.83. The van der Waals surface area contributed by atoms with Crippen LogP contribution in [-0.2, 0) is 16.1 Å². The van der Waals surface area contributed by atoms with Gasteiger partial charge in [-0.05, 0) is 45.4 Å². The van der Waals surface area contributed by atoms with E-state index in [4.69, 9.17) is 9.47 Å². The van der Waals surface area contributed by atoms with E-state index in [9.17, 15) is 18.8 Å². The van der Waals surface area contributed by atoms with Crippen LogP contribution in [0.3, 0.4) is 0 Å². The number of halogens is 1. The first-order valence-corrected chi connectivity index (χ1v) is 9.82. The van der Waals surface area contributed by atoms with Crippen molar-refractivity contribution >= 4 is 39.1 Å². The number of ketones is 1. The van der Waals surface area contributed by atoms with Gasteiger partial charge >= 0.3 is 11.9 Å². The van der Waals surface area contributed by atoms with E-state index in [2.05, 4.69) is 4.98 Å². The van der Waals surface area contributed by atoms with E-state index < -0.39 is 17.8 Å². The number of aromatic amines is 1. The average Bonchev–Trinajstić information content (AvgIpc) is 3.18. The standard InChI is InChI=1S/C21H20FNO5S/c1-5-27-21(26)19-13(17-14(22)7-6-8-15(17)29-19)9-28-20(25)18-10(2)16(12(4)24)11(3)23-18/h6-8,23H,5,9H2,1-4H3. The molecule has 152 valence electrons. The highest BCUT2D eigenvalue weighted by atomic mass is 32.1. The summed E-state index contributed by atoms with van der Waals surface area (Å²) >= 11 is 1.09. The maximum Gasteiger partial charge on any atom is 0.355 e. The molecule has 6 nitrogen and oxygen atoms in total. The lowest BCUT2D eigenvalue weighted by atomic mass is 10.1. The number of hydrogen-bond donors (Lipinski definition) is 1. The third kappa shape index (κ3) is 3.80. The summed E-state index contributed by atoms with van der Waals surface area (Å²) in [6, 6.07) is 4.52. The monoisotopic (exact) mass is 417 g/mol. The van der Waals surface area contributed by atoms with Crippen LogP contribution in [0.5, 0.6) is 0 Å². The van der Waals surface area contributed by atoms with Crippen LogP contribution < -0.4 is 0 Å². The minimum atomic E-state index is -0.691. The van der Waals surface area contributed by atoms with Crippen LogP contribution in [0.4, 0.5) is 4.39 Å². The van der Waals surface area contributed by atoms with Gasteiger partial charge in [0.1, 0.15) is 23.0 Å². The van der Waals surface area contributed by atoms with Gasteiger partial charge in [-0.25, -0.2) is 14.0 Å². The predicted octanol–water partition coefficient (Wildman–Crippen LogP) is 4.72. The third-order valence-electron chi connectivity index (χ3n) is 4.57. The first-order valence-electron chi connectivity index (χ1n) is 9.00. The van der Waals surface area contributed by atoms with E-state index >= 15 is 0 Å². The van der Waals surface area contributed by atoms with E-state index in [1.165, 1.54) is 13.0 Å². The molecule has 0 atom stereocenters. The molecule has 0 radical (unpaired) electrons. The molecule has 0 aliphatic heterocycles. The van der Waals surface area contributed by atoms with Crippen LogP contribution in [0, 0.1) is 19.7 Å². The molecule has 29 heavy (non-hydrogen) atoms. The molecule has 0 unspecified atom stereocenters. The molecule has 1 aromatic carbocycles. The van der Waals surface area contributed by atoms with Crippen LogP contribution >= 0.6 is 11.3 Å². The number of esters is 2. The van der Waals surface area contributed by atoms with E-state index in [1.54, 1.807) is 32.9 Å². The number of fused-ring (bicyclic) bond motifs is 1. The molecule has 0 bridgehead atoms. The number of rotatable bonds is 6. The number of aromatic nitrogens is 1. The zero-order chi connectivity index (χ0) is 21.3. The minimum Gasteiger partial charge on any atom is -0.462 e. The van der Waals surface area contributed by atoms with Gasteiger partial charge in [-0.1, -0.05) is 6.07 Å². The van der Waals surface area contributed by atoms with Gasteiger partial charge in [0.25, 0.3) is 0 Å². The summed E-state index contributed by atoms with van der Waals surface area (Å²) in [5.41, 5.74) is 1.93. The second kappa shape index (κ2) is 8.16. The highest BCUT2D eigenvalue weighted by molar-refractivity contribution is 7.21. The van der Waals surface area contributed by atoms with Crippen molar-refractivity contribution in [1.82, 2.24) is 4.98 Å². The molecule has 2 heterocycles. The molecule has 0 spiro atoms. The summed E-state index contributed by atoms with van der Waals surface area (Å²) in [5.74, 6) is -1.95. The number of carbonyl (C=O) groups excluding carboxylic acids is 3. The van der Waals surface area contributed by atoms with Crippen molar-refractivity contribution in [3.8, 4) is 0 Å². The van der Waals surface area contributed by atoms with Crippen LogP contribution in [0.25, 0.3) is 10.1 Å². The Morgan fingerprint density at radius 1 is 1.14 bits per heavy atom. The van der Waals surface area contributed by atoms with Crippen LogP contribution in [-0.4, -0.2) is 29.3 Å². The topological polar surface area (TPSA) is 85.5 Å². The quantitative estimate of drug-likeness (QED) is 0.463. The second-order valence-electron chi connectivity index (χ2n) is 6.50. The fraction of sp³-hybridized carbons (Fsp3) is 0.286. The molecule has 0 amide bonds. The first kappa shape index (κ1) is 20.7. The van der Waals surface area contributed by atoms with Crippen LogP contribution in [0.1, 0.15) is 61.2 Å². The molecule has 1 N–H and O–H groups in total. The molecule has 0 fully saturated rings. The van der Waals surface area contributed by atoms with Crippen LogP contribution in [0.2, 0.25) is 0 Å². The highest BCUT2D eigenvalue weighted by Crippen LogP contribution is 2.34. The van der Waals surface area contributed by atoms with Crippen LogP contribution in [0.15, 0.2) is 18.2 Å². The number of Topliss-reactive ketones (excluding diaryl/α,β-unsaturated/α-hetero) is 1. The number of benzene rings is 1. The Bertz CT molecular complexity index is 1130. The van der Waals surface area contributed by atoms with Gasteiger partial charge in [-0.15, -0.1) is 11.3 Å². The normalized spacial score (nSPS) is 10.9. The van der Waals surface area contributed by atoms with Gasteiger partial charge in [0.2, 0.25) is 0 Å². The summed E-state index contributed by atoms with van der Waals surface area (Å²) in [5, 5.41) is 0.233. The maximum absolute atomic E-state index is 14.4. The number of nitrogens with one attached hydrogen (secondary N) is 1. The van der Waals surface area contributed by atoms with E-state index in [-0.39, 0.29) is 40.5 Å². The molecule has 3 aromatic rings. The fourth-order valence-electron chi connectivity index (χ4n) is 3.36. The molecule has 0 aliphatic carbocycles. The molecule has 8 heteroatoms. The SMILES string of the molecule is CCOC(=O)c1sc2cccc(F)c2c1COC(=O)c1[nH]c(C)c(C(C)=O)c1C. The number of hydrogen-bond acceptors (Lipinski definition) is 6. The summed E-state index contributed by atoms with van der Waals surface area (Å²) in [6.07, 6.45) is 0. The maximum atomic E-state index is 14.4. The lowest BCUT2D eigenvalue weighted by molar-refractivity contribution is 0.0448. The summed E-state index contributed by atoms with van der Waals surface area (Å²) in [4.78, 5) is 39.8. The van der Waals surface area contributed by atoms with Crippen molar-refractivity contribution < 1.29 is 28.2 Å². The van der Waals surface area contributed by atoms with E-state index in [1.807, 2.05) is 0 Å². The van der Waals surface area contributed by atoms with Gasteiger partial charge in [0.05, 0.1) is 6.61 Å². The molecular formula is C21H20FNO5S. The number of aryl methyl sites for hydroxylation is 1. The first-order chi connectivity index (χ1) is 13.8. The Labute approximate surface area is 170 Å². The van der Waals surface area contributed by atoms with E-state index in [0.717, 1.165) is 11.3 Å². The van der Waals surface area contributed by atoms with E-state index in [0.29, 0.717) is 21.5 Å². The predicted molar refractivity (Wildman–Crippen MR) is 107 cm³/mol. The van der Waals surface area contributed by atoms with Gasteiger partial charge in [-0.2, -0.15) is 0 Å². The smallest absolute Gasteiger partial charge is 0.355 e. The molecule has 0 saturated carbocycles. The van der Waals surface area contributed by atoms with Crippen molar-refractivity contribution in [3.63, 3.8) is 0 Å².